The number of piperidine rings is 1. The summed E-state index contributed by atoms with van der Waals surface area (Å²) in [7, 11) is 0. The number of benzene rings is 2. The van der Waals surface area contributed by atoms with E-state index in [9.17, 15) is 9.18 Å². The van der Waals surface area contributed by atoms with Crippen LogP contribution in [0.4, 0.5) is 4.39 Å². The highest BCUT2D eigenvalue weighted by Crippen LogP contribution is 2.18. The first kappa shape index (κ1) is 25.9. The first-order chi connectivity index (χ1) is 15.1. The highest BCUT2D eigenvalue weighted by atomic mass is 127. The first-order valence-corrected chi connectivity index (χ1v) is 10.9. The fourth-order valence-electron chi connectivity index (χ4n) is 3.55. The Morgan fingerprint density at radius 1 is 1.12 bits per heavy atom. The van der Waals surface area contributed by atoms with Crippen molar-refractivity contribution in [3.8, 4) is 5.75 Å². The zero-order valence-corrected chi connectivity index (χ0v) is 20.8. The highest BCUT2D eigenvalue weighted by molar-refractivity contribution is 14.0. The summed E-state index contributed by atoms with van der Waals surface area (Å²) in [5, 5.41) is 6.18. The molecule has 1 fully saturated rings. The molecule has 1 saturated heterocycles. The molecule has 8 heteroatoms. The van der Waals surface area contributed by atoms with Gasteiger partial charge in [-0.3, -0.25) is 9.79 Å². The van der Waals surface area contributed by atoms with Crippen molar-refractivity contribution in [3.05, 3.63) is 66.0 Å². The number of ether oxygens (including phenoxy) is 1. The van der Waals surface area contributed by atoms with Crippen LogP contribution in [0, 0.1) is 5.82 Å². The number of hydrogen-bond donors (Lipinski definition) is 2. The number of aliphatic imine (C=N–C) groups is 1. The molecule has 1 aliphatic heterocycles. The number of hydrogen-bond acceptors (Lipinski definition) is 3. The zero-order valence-electron chi connectivity index (χ0n) is 18.4. The third kappa shape index (κ3) is 8.64. The van der Waals surface area contributed by atoms with Crippen molar-refractivity contribution in [2.75, 3.05) is 32.7 Å². The fourth-order valence-corrected chi connectivity index (χ4v) is 3.55. The van der Waals surface area contributed by atoms with Gasteiger partial charge in [0, 0.05) is 39.0 Å². The molecule has 0 aromatic heterocycles. The molecule has 0 bridgehead atoms. The summed E-state index contributed by atoms with van der Waals surface area (Å²) in [5.74, 6) is 1.31. The molecule has 0 aliphatic carbocycles. The van der Waals surface area contributed by atoms with Gasteiger partial charge in [0.05, 0.1) is 13.0 Å². The predicted octanol–water partition coefficient (Wildman–Crippen LogP) is 3.61. The first-order valence-electron chi connectivity index (χ1n) is 10.9. The molecule has 1 aliphatic rings. The van der Waals surface area contributed by atoms with Crippen LogP contribution < -0.4 is 15.4 Å². The number of likely N-dealkylation sites (tertiary alicyclic amines) is 1. The van der Waals surface area contributed by atoms with E-state index in [1.165, 1.54) is 12.1 Å². The van der Waals surface area contributed by atoms with Gasteiger partial charge in [-0.05, 0) is 36.8 Å². The van der Waals surface area contributed by atoms with Crippen LogP contribution in [0.3, 0.4) is 0 Å². The monoisotopic (exact) mass is 554 g/mol. The largest absolute Gasteiger partial charge is 0.490 e. The maximum Gasteiger partial charge on any atom is 0.224 e. The van der Waals surface area contributed by atoms with Gasteiger partial charge < -0.3 is 20.3 Å². The van der Waals surface area contributed by atoms with Crippen molar-refractivity contribution < 1.29 is 13.9 Å². The molecule has 2 aromatic carbocycles. The summed E-state index contributed by atoms with van der Waals surface area (Å²) in [5.41, 5.74) is 0.662. The topological polar surface area (TPSA) is 66.0 Å². The van der Waals surface area contributed by atoms with Crippen molar-refractivity contribution in [1.29, 1.82) is 0 Å². The number of halogens is 2. The number of nitrogens with zero attached hydrogens (tertiary/aromatic N) is 2. The lowest BCUT2D eigenvalue weighted by Gasteiger charge is -2.34. The molecule has 0 atom stereocenters. The highest BCUT2D eigenvalue weighted by Gasteiger charge is 2.22. The van der Waals surface area contributed by atoms with Gasteiger partial charge in [-0.1, -0.05) is 30.3 Å². The molecule has 1 amide bonds. The van der Waals surface area contributed by atoms with Gasteiger partial charge in [-0.15, -0.1) is 24.0 Å². The summed E-state index contributed by atoms with van der Waals surface area (Å²) in [6.45, 7) is 5.49. The van der Waals surface area contributed by atoms with Crippen LogP contribution in [0.25, 0.3) is 0 Å². The number of guanidine groups is 1. The van der Waals surface area contributed by atoms with Crippen LogP contribution in [-0.2, 0) is 11.2 Å². The average molecular weight is 554 g/mol. The summed E-state index contributed by atoms with van der Waals surface area (Å²) < 4.78 is 19.3. The maximum absolute atomic E-state index is 13.2. The van der Waals surface area contributed by atoms with Gasteiger partial charge in [0.25, 0.3) is 0 Å². The van der Waals surface area contributed by atoms with E-state index in [4.69, 9.17) is 4.74 Å². The predicted molar refractivity (Wildman–Crippen MR) is 136 cm³/mol. The molecule has 174 valence electrons. The number of rotatable bonds is 8. The molecule has 6 nitrogen and oxygen atoms in total. The lowest BCUT2D eigenvalue weighted by molar-refractivity contribution is -0.120. The molecule has 32 heavy (non-hydrogen) atoms. The van der Waals surface area contributed by atoms with Gasteiger partial charge in [0.15, 0.2) is 5.96 Å². The summed E-state index contributed by atoms with van der Waals surface area (Å²) in [6, 6.07) is 16.0. The van der Waals surface area contributed by atoms with E-state index in [1.54, 1.807) is 12.1 Å². The lowest BCUT2D eigenvalue weighted by atomic mass is 10.1. The summed E-state index contributed by atoms with van der Waals surface area (Å²) in [4.78, 5) is 19.0. The van der Waals surface area contributed by atoms with Crippen molar-refractivity contribution in [2.45, 2.75) is 32.3 Å². The van der Waals surface area contributed by atoms with Crippen LogP contribution in [0.2, 0.25) is 0 Å². The van der Waals surface area contributed by atoms with Gasteiger partial charge in [-0.25, -0.2) is 4.39 Å². The van der Waals surface area contributed by atoms with E-state index < -0.39 is 0 Å². The van der Waals surface area contributed by atoms with Crippen molar-refractivity contribution in [3.63, 3.8) is 0 Å². The molecule has 0 unspecified atom stereocenters. The lowest BCUT2D eigenvalue weighted by Crippen LogP contribution is -2.47. The van der Waals surface area contributed by atoms with E-state index in [0.29, 0.717) is 18.7 Å². The number of para-hydroxylation sites is 1. The molecule has 1 heterocycles. The van der Waals surface area contributed by atoms with Gasteiger partial charge >= 0.3 is 0 Å². The van der Waals surface area contributed by atoms with Crippen molar-refractivity contribution in [1.82, 2.24) is 15.5 Å². The molecule has 2 aromatic rings. The van der Waals surface area contributed by atoms with Crippen molar-refractivity contribution >= 4 is 35.8 Å². The van der Waals surface area contributed by atoms with Crippen LogP contribution in [0.5, 0.6) is 5.75 Å². The molecular weight excluding hydrogens is 522 g/mol. The minimum atomic E-state index is -0.330. The molecule has 0 spiro atoms. The van der Waals surface area contributed by atoms with E-state index in [-0.39, 0.29) is 48.2 Å². The Bertz CT molecular complexity index is 858. The second-order valence-corrected chi connectivity index (χ2v) is 7.51. The third-order valence-corrected chi connectivity index (χ3v) is 5.07. The second kappa shape index (κ2) is 13.9. The van der Waals surface area contributed by atoms with Crippen LogP contribution >= 0.6 is 24.0 Å². The fraction of sp³-hybridized carbons (Fsp3) is 0.417. The third-order valence-electron chi connectivity index (χ3n) is 5.07. The van der Waals surface area contributed by atoms with E-state index in [1.807, 2.05) is 37.3 Å². The minimum absolute atomic E-state index is 0. The maximum atomic E-state index is 13.2. The molecule has 0 saturated carbocycles. The summed E-state index contributed by atoms with van der Waals surface area (Å²) in [6.07, 6.45) is 2.24. The van der Waals surface area contributed by atoms with E-state index in [2.05, 4.69) is 20.5 Å². The number of carbonyl (C=O) groups is 1. The Kier molecular flexibility index (Phi) is 11.3. The van der Waals surface area contributed by atoms with Crippen LogP contribution in [-0.4, -0.2) is 55.6 Å². The number of nitrogens with one attached hydrogen (secondary N) is 2. The van der Waals surface area contributed by atoms with E-state index in [0.717, 1.165) is 44.2 Å². The molecule has 0 radical (unpaired) electrons. The second-order valence-electron chi connectivity index (χ2n) is 7.51. The Hall–Kier alpha value is -2.36. The van der Waals surface area contributed by atoms with Crippen LogP contribution in [0.15, 0.2) is 59.6 Å². The Morgan fingerprint density at radius 3 is 2.56 bits per heavy atom. The standard InChI is InChI=1S/C24H31FN4O2.HI/c1-2-26-24(28-14-13-27-23(30)18-19-7-6-8-20(25)17-19)29-15-11-22(12-16-29)31-21-9-4-3-5-10-21;/h3-10,17,22H,2,11-16,18H2,1H3,(H,26,28)(H,27,30);1H. The smallest absolute Gasteiger partial charge is 0.224 e. The Morgan fingerprint density at radius 2 is 1.88 bits per heavy atom. The molecule has 3 rings (SSSR count). The normalized spacial score (nSPS) is 14.4. The van der Waals surface area contributed by atoms with Crippen molar-refractivity contribution in [2.24, 2.45) is 4.99 Å². The summed E-state index contributed by atoms with van der Waals surface area (Å²) >= 11 is 0. The number of amides is 1. The SMILES string of the molecule is CCNC(=NCCNC(=O)Cc1cccc(F)c1)N1CCC(Oc2ccccc2)CC1.I. The van der Waals surface area contributed by atoms with Gasteiger partial charge in [0.1, 0.15) is 17.7 Å². The Balaban J connectivity index is 0.00000363. The van der Waals surface area contributed by atoms with Gasteiger partial charge in [0.2, 0.25) is 5.91 Å². The molecular formula is C24H32FIN4O2. The number of carbonyl (C=O) groups excluding carboxylic acids is 1. The van der Waals surface area contributed by atoms with E-state index >= 15 is 0 Å². The average Bonchev–Trinajstić information content (AvgIpc) is 2.77. The van der Waals surface area contributed by atoms with Crippen LogP contribution in [0.1, 0.15) is 25.3 Å². The quantitative estimate of drug-likeness (QED) is 0.227. The zero-order chi connectivity index (χ0) is 21.9. The Labute approximate surface area is 206 Å². The minimum Gasteiger partial charge on any atom is -0.490 e. The molecule has 2 N–H and O–H groups in total. The van der Waals surface area contributed by atoms with Gasteiger partial charge in [-0.2, -0.15) is 0 Å².